The first kappa shape index (κ1) is 19.6. The molecule has 0 fully saturated rings. The van der Waals surface area contributed by atoms with E-state index in [4.69, 9.17) is 4.74 Å². The third kappa shape index (κ3) is 5.17. The van der Waals surface area contributed by atoms with E-state index in [9.17, 15) is 14.7 Å². The Morgan fingerprint density at radius 1 is 1.18 bits per heavy atom. The van der Waals surface area contributed by atoms with Gasteiger partial charge >= 0.3 is 5.97 Å². The number of thiazole rings is 1. The molecule has 0 spiro atoms. The number of rotatable bonds is 8. The van der Waals surface area contributed by atoms with E-state index < -0.39 is 12.0 Å². The zero-order chi connectivity index (χ0) is 19.9. The van der Waals surface area contributed by atoms with Crippen LogP contribution in [0.3, 0.4) is 0 Å². The molecule has 144 valence electrons. The van der Waals surface area contributed by atoms with Crippen LogP contribution in [0.25, 0.3) is 10.6 Å². The van der Waals surface area contributed by atoms with Crippen LogP contribution in [-0.4, -0.2) is 35.1 Å². The first-order valence-corrected chi connectivity index (χ1v) is 9.58. The van der Waals surface area contributed by atoms with E-state index in [1.807, 2.05) is 54.6 Å². The summed E-state index contributed by atoms with van der Waals surface area (Å²) in [5.41, 5.74) is 2.36. The molecule has 1 heterocycles. The average Bonchev–Trinajstić information content (AvgIpc) is 3.16. The number of carboxylic acid groups (broad SMARTS) is 1. The van der Waals surface area contributed by atoms with Gasteiger partial charge in [0.25, 0.3) is 0 Å². The second-order valence-corrected chi connectivity index (χ2v) is 7.06. The van der Waals surface area contributed by atoms with Crippen molar-refractivity contribution >= 4 is 23.2 Å². The van der Waals surface area contributed by atoms with E-state index in [1.165, 1.54) is 11.3 Å². The number of methoxy groups -OCH3 is 1. The lowest BCUT2D eigenvalue weighted by Crippen LogP contribution is -2.43. The standard InChI is InChI=1S/C21H20N2O4S/c1-27-17-9-5-8-15(11-17)20-22-16(13-28-20)12-19(24)23-18(21(25)26)10-14-6-3-2-4-7-14/h2-9,11,13,18H,10,12H2,1H3,(H,23,24)(H,25,26). The normalized spacial score (nSPS) is 11.6. The van der Waals surface area contributed by atoms with Crippen LogP contribution in [0, 0.1) is 0 Å². The number of amides is 1. The molecule has 28 heavy (non-hydrogen) atoms. The van der Waals surface area contributed by atoms with Crippen molar-refractivity contribution in [3.05, 3.63) is 71.2 Å². The molecular formula is C21H20N2O4S. The van der Waals surface area contributed by atoms with Crippen LogP contribution in [0.2, 0.25) is 0 Å². The number of hydrogen-bond acceptors (Lipinski definition) is 5. The summed E-state index contributed by atoms with van der Waals surface area (Å²) in [4.78, 5) is 28.3. The number of hydrogen-bond donors (Lipinski definition) is 2. The average molecular weight is 396 g/mol. The molecule has 0 saturated heterocycles. The number of aromatic nitrogens is 1. The fraction of sp³-hybridized carbons (Fsp3) is 0.190. The molecule has 3 rings (SSSR count). The molecule has 7 heteroatoms. The van der Waals surface area contributed by atoms with Gasteiger partial charge in [0.1, 0.15) is 16.8 Å². The van der Waals surface area contributed by atoms with E-state index in [-0.39, 0.29) is 18.7 Å². The van der Waals surface area contributed by atoms with Gasteiger partial charge in [0, 0.05) is 17.4 Å². The lowest BCUT2D eigenvalue weighted by Gasteiger charge is -2.14. The Bertz CT molecular complexity index is 956. The molecule has 1 unspecified atom stereocenters. The van der Waals surface area contributed by atoms with Crippen LogP contribution in [0.4, 0.5) is 0 Å². The lowest BCUT2D eigenvalue weighted by atomic mass is 10.1. The summed E-state index contributed by atoms with van der Waals surface area (Å²) in [7, 11) is 1.60. The second kappa shape index (κ2) is 9.14. The van der Waals surface area contributed by atoms with Crippen LogP contribution in [0.15, 0.2) is 60.0 Å². The molecule has 6 nitrogen and oxygen atoms in total. The number of aliphatic carboxylic acids is 1. The molecule has 1 aromatic heterocycles. The molecule has 0 saturated carbocycles. The fourth-order valence-electron chi connectivity index (χ4n) is 2.74. The maximum Gasteiger partial charge on any atom is 0.326 e. The number of carbonyl (C=O) groups is 2. The highest BCUT2D eigenvalue weighted by atomic mass is 32.1. The monoisotopic (exact) mass is 396 g/mol. The minimum atomic E-state index is -1.06. The van der Waals surface area contributed by atoms with Gasteiger partial charge in [0.2, 0.25) is 5.91 Å². The summed E-state index contributed by atoms with van der Waals surface area (Å²) in [6, 6.07) is 15.8. The van der Waals surface area contributed by atoms with Gasteiger partial charge in [-0.3, -0.25) is 4.79 Å². The van der Waals surface area contributed by atoms with E-state index in [1.54, 1.807) is 12.5 Å². The zero-order valence-corrected chi connectivity index (χ0v) is 16.1. The topological polar surface area (TPSA) is 88.5 Å². The highest BCUT2D eigenvalue weighted by Gasteiger charge is 2.21. The second-order valence-electron chi connectivity index (χ2n) is 6.20. The van der Waals surface area contributed by atoms with Crippen molar-refractivity contribution in [2.75, 3.05) is 7.11 Å². The molecule has 0 aliphatic heterocycles. The minimum Gasteiger partial charge on any atom is -0.497 e. The smallest absolute Gasteiger partial charge is 0.326 e. The Labute approximate surface area is 166 Å². The highest BCUT2D eigenvalue weighted by molar-refractivity contribution is 7.13. The van der Waals surface area contributed by atoms with Crippen molar-refractivity contribution in [1.29, 1.82) is 0 Å². The molecule has 0 aliphatic carbocycles. The van der Waals surface area contributed by atoms with Crippen molar-refractivity contribution in [3.63, 3.8) is 0 Å². The Morgan fingerprint density at radius 2 is 1.96 bits per heavy atom. The number of carboxylic acids is 1. The summed E-state index contributed by atoms with van der Waals surface area (Å²) in [6.07, 6.45) is 0.257. The van der Waals surface area contributed by atoms with Gasteiger partial charge in [0.05, 0.1) is 19.2 Å². The third-order valence-electron chi connectivity index (χ3n) is 4.13. The minimum absolute atomic E-state index is 0.0268. The van der Waals surface area contributed by atoms with E-state index in [2.05, 4.69) is 10.3 Å². The molecular weight excluding hydrogens is 376 g/mol. The molecule has 2 aromatic carbocycles. The predicted molar refractivity (Wildman–Crippen MR) is 108 cm³/mol. The maximum atomic E-state index is 12.3. The number of carbonyl (C=O) groups excluding carboxylic acids is 1. The van der Waals surface area contributed by atoms with Crippen LogP contribution in [0.1, 0.15) is 11.3 Å². The van der Waals surface area contributed by atoms with Crippen molar-refractivity contribution in [2.45, 2.75) is 18.9 Å². The van der Waals surface area contributed by atoms with Gasteiger partial charge in [-0.2, -0.15) is 0 Å². The van der Waals surface area contributed by atoms with Crippen LogP contribution >= 0.6 is 11.3 Å². The Kier molecular flexibility index (Phi) is 6.39. The summed E-state index contributed by atoms with van der Waals surface area (Å²) in [5, 5.41) is 14.6. The van der Waals surface area contributed by atoms with Crippen molar-refractivity contribution in [2.24, 2.45) is 0 Å². The first-order chi connectivity index (χ1) is 13.5. The van der Waals surface area contributed by atoms with Gasteiger partial charge in [-0.1, -0.05) is 42.5 Å². The van der Waals surface area contributed by atoms with Gasteiger partial charge in [-0.15, -0.1) is 11.3 Å². The van der Waals surface area contributed by atoms with Crippen LogP contribution in [0.5, 0.6) is 5.75 Å². The summed E-state index contributed by atoms with van der Waals surface area (Å²) >= 11 is 1.43. The zero-order valence-electron chi connectivity index (χ0n) is 15.3. The van der Waals surface area contributed by atoms with Crippen molar-refractivity contribution in [1.82, 2.24) is 10.3 Å². The summed E-state index contributed by atoms with van der Waals surface area (Å²) in [6.45, 7) is 0. The number of ether oxygens (including phenoxy) is 1. The van der Waals surface area contributed by atoms with Crippen LogP contribution in [-0.2, 0) is 22.4 Å². The molecule has 2 N–H and O–H groups in total. The van der Waals surface area contributed by atoms with E-state index in [0.717, 1.165) is 21.9 Å². The molecule has 1 amide bonds. The van der Waals surface area contributed by atoms with E-state index in [0.29, 0.717) is 5.69 Å². The first-order valence-electron chi connectivity index (χ1n) is 8.70. The number of nitrogens with one attached hydrogen (secondary N) is 1. The lowest BCUT2D eigenvalue weighted by molar-refractivity contribution is -0.141. The molecule has 1 atom stereocenters. The Balaban J connectivity index is 1.64. The number of nitrogens with zero attached hydrogens (tertiary/aromatic N) is 1. The van der Waals surface area contributed by atoms with Gasteiger partial charge in [0.15, 0.2) is 0 Å². The van der Waals surface area contributed by atoms with Gasteiger partial charge in [-0.25, -0.2) is 9.78 Å². The van der Waals surface area contributed by atoms with Gasteiger partial charge < -0.3 is 15.2 Å². The SMILES string of the molecule is COc1cccc(-c2nc(CC(=O)NC(Cc3ccccc3)C(=O)O)cs2)c1. The van der Waals surface area contributed by atoms with Crippen LogP contribution < -0.4 is 10.1 Å². The quantitative estimate of drug-likeness (QED) is 0.611. The maximum absolute atomic E-state index is 12.3. The number of benzene rings is 2. The van der Waals surface area contributed by atoms with Crippen molar-refractivity contribution < 1.29 is 19.4 Å². The third-order valence-corrected chi connectivity index (χ3v) is 5.07. The summed E-state index contributed by atoms with van der Waals surface area (Å²) < 4.78 is 5.22. The Hall–Kier alpha value is -3.19. The molecule has 0 bridgehead atoms. The predicted octanol–water partition coefficient (Wildman–Crippen LogP) is 3.17. The van der Waals surface area contributed by atoms with E-state index >= 15 is 0 Å². The van der Waals surface area contributed by atoms with Gasteiger partial charge in [-0.05, 0) is 17.7 Å². The molecule has 0 radical (unpaired) electrons. The highest BCUT2D eigenvalue weighted by Crippen LogP contribution is 2.27. The molecule has 3 aromatic rings. The largest absolute Gasteiger partial charge is 0.497 e. The molecule has 0 aliphatic rings. The van der Waals surface area contributed by atoms with Crippen molar-refractivity contribution in [3.8, 4) is 16.3 Å². The fourth-order valence-corrected chi connectivity index (χ4v) is 3.55. The Morgan fingerprint density at radius 3 is 2.68 bits per heavy atom. The summed E-state index contributed by atoms with van der Waals surface area (Å²) in [5.74, 6) is -0.699.